The molecule has 0 spiro atoms. The van der Waals surface area contributed by atoms with Gasteiger partial charge in [-0.1, -0.05) is 33.3 Å². The predicted molar refractivity (Wildman–Crippen MR) is 93.9 cm³/mol. The molecule has 1 heterocycles. The van der Waals surface area contributed by atoms with Crippen LogP contribution in [0.3, 0.4) is 0 Å². The molecule has 0 aromatic rings. The SMILES string of the molecule is CC[C@H]1CC[C@H]2C3CC[C@H]4N(C)C(=O)C=C[C@]4(C)C3CC[C@]12C. The number of rotatable bonds is 1. The van der Waals surface area contributed by atoms with Crippen molar-refractivity contribution in [2.75, 3.05) is 7.05 Å². The summed E-state index contributed by atoms with van der Waals surface area (Å²) >= 11 is 0. The Labute approximate surface area is 141 Å². The molecule has 23 heavy (non-hydrogen) atoms. The highest BCUT2D eigenvalue weighted by atomic mass is 16.2. The summed E-state index contributed by atoms with van der Waals surface area (Å²) in [6.07, 6.45) is 13.7. The first-order chi connectivity index (χ1) is 10.9. The Kier molecular flexibility index (Phi) is 3.49. The Morgan fingerprint density at radius 1 is 1.13 bits per heavy atom. The first-order valence-corrected chi connectivity index (χ1v) is 9.88. The van der Waals surface area contributed by atoms with Crippen LogP contribution in [0.1, 0.15) is 65.7 Å². The second-order valence-electron chi connectivity index (χ2n) is 9.35. The molecule has 0 radical (unpaired) electrons. The van der Waals surface area contributed by atoms with Crippen molar-refractivity contribution in [3.05, 3.63) is 12.2 Å². The minimum atomic E-state index is 0.206. The standard InChI is InChI=1S/C21H33NO/c1-5-14-6-8-16-15-7-9-18-21(3,13-11-19(23)22(18)4)17(15)10-12-20(14,16)2/h11,13-18H,5-10,12H2,1-4H3/t14-,15?,16-,17?,18+,20+,21+/m0/s1. The minimum Gasteiger partial charge on any atom is -0.338 e. The maximum absolute atomic E-state index is 12.1. The second-order valence-corrected chi connectivity index (χ2v) is 9.35. The van der Waals surface area contributed by atoms with Crippen LogP contribution >= 0.6 is 0 Å². The van der Waals surface area contributed by atoms with E-state index in [0.29, 0.717) is 11.5 Å². The van der Waals surface area contributed by atoms with E-state index in [1.165, 1.54) is 44.9 Å². The lowest BCUT2D eigenvalue weighted by Crippen LogP contribution is -2.59. The van der Waals surface area contributed by atoms with E-state index in [9.17, 15) is 4.79 Å². The van der Waals surface area contributed by atoms with E-state index in [1.807, 2.05) is 18.0 Å². The summed E-state index contributed by atoms with van der Waals surface area (Å²) in [7, 11) is 2.02. The van der Waals surface area contributed by atoms with Crippen LogP contribution in [0.15, 0.2) is 12.2 Å². The van der Waals surface area contributed by atoms with E-state index in [4.69, 9.17) is 0 Å². The normalized spacial score (nSPS) is 52.1. The van der Waals surface area contributed by atoms with E-state index in [-0.39, 0.29) is 11.3 Å². The van der Waals surface area contributed by atoms with E-state index >= 15 is 0 Å². The average Bonchev–Trinajstić information content (AvgIpc) is 2.88. The first-order valence-electron chi connectivity index (χ1n) is 9.88. The lowest BCUT2D eigenvalue weighted by atomic mass is 9.47. The smallest absolute Gasteiger partial charge is 0.246 e. The van der Waals surface area contributed by atoms with E-state index in [1.54, 1.807) is 0 Å². The highest BCUT2D eigenvalue weighted by molar-refractivity contribution is 5.89. The Morgan fingerprint density at radius 2 is 1.91 bits per heavy atom. The minimum absolute atomic E-state index is 0.206. The van der Waals surface area contributed by atoms with Crippen molar-refractivity contribution in [3.63, 3.8) is 0 Å². The van der Waals surface area contributed by atoms with Gasteiger partial charge in [-0.05, 0) is 73.7 Å². The summed E-state index contributed by atoms with van der Waals surface area (Å²) in [4.78, 5) is 14.1. The zero-order valence-corrected chi connectivity index (χ0v) is 15.3. The highest BCUT2D eigenvalue weighted by Gasteiger charge is 2.59. The fourth-order valence-corrected chi connectivity index (χ4v) is 7.52. The predicted octanol–water partition coefficient (Wildman–Crippen LogP) is 4.65. The molecule has 4 rings (SSSR count). The quantitative estimate of drug-likeness (QED) is 0.689. The molecule has 0 saturated heterocycles. The van der Waals surface area contributed by atoms with E-state index in [0.717, 1.165) is 23.7 Å². The van der Waals surface area contributed by atoms with Gasteiger partial charge in [0.15, 0.2) is 0 Å². The fourth-order valence-electron chi connectivity index (χ4n) is 7.52. The largest absolute Gasteiger partial charge is 0.338 e. The summed E-state index contributed by atoms with van der Waals surface area (Å²) in [6, 6.07) is 0.425. The molecule has 2 unspecified atom stereocenters. The molecule has 7 atom stereocenters. The molecule has 1 amide bonds. The maximum Gasteiger partial charge on any atom is 0.246 e. The summed E-state index contributed by atoms with van der Waals surface area (Å²) in [5.41, 5.74) is 0.802. The van der Waals surface area contributed by atoms with Crippen molar-refractivity contribution in [1.29, 1.82) is 0 Å². The number of carbonyl (C=O) groups excluding carboxylic acids is 1. The zero-order chi connectivity index (χ0) is 16.4. The summed E-state index contributed by atoms with van der Waals surface area (Å²) in [6.45, 7) is 7.45. The van der Waals surface area contributed by atoms with Crippen LogP contribution in [0.25, 0.3) is 0 Å². The van der Waals surface area contributed by atoms with Gasteiger partial charge in [0, 0.05) is 18.5 Å². The van der Waals surface area contributed by atoms with Crippen LogP contribution in [0.4, 0.5) is 0 Å². The molecule has 3 aliphatic carbocycles. The van der Waals surface area contributed by atoms with Crippen molar-refractivity contribution < 1.29 is 4.79 Å². The number of carbonyl (C=O) groups is 1. The van der Waals surface area contributed by atoms with Crippen molar-refractivity contribution in [3.8, 4) is 0 Å². The van der Waals surface area contributed by atoms with Crippen LogP contribution in [0.2, 0.25) is 0 Å². The van der Waals surface area contributed by atoms with Crippen LogP contribution in [-0.4, -0.2) is 23.9 Å². The third-order valence-corrected chi connectivity index (χ3v) is 8.82. The second kappa shape index (κ2) is 5.10. The van der Waals surface area contributed by atoms with E-state index in [2.05, 4.69) is 26.8 Å². The average molecular weight is 316 g/mol. The third kappa shape index (κ3) is 1.96. The van der Waals surface area contributed by atoms with Crippen LogP contribution in [0.5, 0.6) is 0 Å². The Morgan fingerprint density at radius 3 is 2.65 bits per heavy atom. The van der Waals surface area contributed by atoms with Crippen LogP contribution in [-0.2, 0) is 4.79 Å². The third-order valence-electron chi connectivity index (χ3n) is 8.82. The molecule has 0 aromatic carbocycles. The molecule has 4 aliphatic rings. The number of fused-ring (bicyclic) bond motifs is 5. The monoisotopic (exact) mass is 315 g/mol. The van der Waals surface area contributed by atoms with Gasteiger partial charge in [0.25, 0.3) is 0 Å². The van der Waals surface area contributed by atoms with Gasteiger partial charge in [0.1, 0.15) is 0 Å². The van der Waals surface area contributed by atoms with Gasteiger partial charge >= 0.3 is 0 Å². The molecular weight excluding hydrogens is 282 g/mol. The Bertz CT molecular complexity index is 540. The first kappa shape index (κ1) is 15.7. The van der Waals surface area contributed by atoms with Crippen molar-refractivity contribution in [1.82, 2.24) is 4.90 Å². The van der Waals surface area contributed by atoms with Gasteiger partial charge in [-0.3, -0.25) is 4.79 Å². The molecule has 2 nitrogen and oxygen atoms in total. The van der Waals surface area contributed by atoms with Crippen molar-refractivity contribution >= 4 is 5.91 Å². The maximum atomic E-state index is 12.1. The van der Waals surface area contributed by atoms with Crippen molar-refractivity contribution in [2.24, 2.45) is 34.5 Å². The van der Waals surface area contributed by atoms with Crippen LogP contribution < -0.4 is 0 Å². The van der Waals surface area contributed by atoms with Crippen LogP contribution in [0, 0.1) is 34.5 Å². The Hall–Kier alpha value is -0.790. The van der Waals surface area contributed by atoms with Gasteiger partial charge in [-0.25, -0.2) is 0 Å². The summed E-state index contributed by atoms with van der Waals surface area (Å²) in [5, 5.41) is 0. The molecule has 0 N–H and O–H groups in total. The summed E-state index contributed by atoms with van der Waals surface area (Å²) in [5.74, 6) is 3.75. The Balaban J connectivity index is 1.67. The van der Waals surface area contributed by atoms with E-state index < -0.39 is 0 Å². The topological polar surface area (TPSA) is 20.3 Å². The zero-order valence-electron chi connectivity index (χ0n) is 15.3. The number of likely N-dealkylation sites (N-methyl/N-ethyl adjacent to an activating group) is 1. The molecule has 3 fully saturated rings. The molecule has 2 heteroatoms. The van der Waals surface area contributed by atoms with Gasteiger partial charge in [-0.15, -0.1) is 0 Å². The van der Waals surface area contributed by atoms with Crippen molar-refractivity contribution in [2.45, 2.75) is 71.8 Å². The van der Waals surface area contributed by atoms with Gasteiger partial charge in [0.05, 0.1) is 0 Å². The lowest BCUT2D eigenvalue weighted by Gasteiger charge is -2.60. The molecule has 3 saturated carbocycles. The number of hydrogen-bond acceptors (Lipinski definition) is 1. The van der Waals surface area contributed by atoms with Gasteiger partial charge < -0.3 is 4.90 Å². The molecule has 0 aromatic heterocycles. The molecular formula is C21H33NO. The highest BCUT2D eigenvalue weighted by Crippen LogP contribution is 2.65. The number of hydrogen-bond donors (Lipinski definition) is 0. The lowest BCUT2D eigenvalue weighted by molar-refractivity contribution is -0.138. The number of nitrogens with zero attached hydrogens (tertiary/aromatic N) is 1. The molecule has 1 aliphatic heterocycles. The summed E-state index contributed by atoms with van der Waals surface area (Å²) < 4.78 is 0. The molecule has 0 bridgehead atoms. The molecule has 128 valence electrons. The fraction of sp³-hybridized carbons (Fsp3) is 0.857. The number of amides is 1. The van der Waals surface area contributed by atoms with Gasteiger partial charge in [0.2, 0.25) is 5.91 Å². The van der Waals surface area contributed by atoms with Gasteiger partial charge in [-0.2, -0.15) is 0 Å².